The van der Waals surface area contributed by atoms with Crippen LogP contribution in [0.5, 0.6) is 0 Å². The average Bonchev–Trinajstić information content (AvgIpc) is 2.74. The van der Waals surface area contributed by atoms with Crippen molar-refractivity contribution in [3.63, 3.8) is 0 Å². The number of halogens is 3. The number of carbonyl (C=O) groups excluding carboxylic acids is 1. The number of rotatable bonds is 7. The summed E-state index contributed by atoms with van der Waals surface area (Å²) in [7, 11) is 1.37. The number of aromatic nitrogens is 1. The molecule has 0 saturated heterocycles. The molecule has 0 spiro atoms. The van der Waals surface area contributed by atoms with Crippen LogP contribution in [0.3, 0.4) is 0 Å². The first-order valence-electron chi connectivity index (χ1n) is 9.26. The normalized spacial score (nSPS) is 20.6. The number of benzene rings is 1. The molecular weight excluding hydrogens is 413 g/mol. The molecule has 3 rings (SSSR count). The molecule has 0 amide bonds. The van der Waals surface area contributed by atoms with Crippen LogP contribution in [-0.2, 0) is 21.4 Å². The lowest BCUT2D eigenvalue weighted by molar-refractivity contribution is -0.0214. The van der Waals surface area contributed by atoms with Gasteiger partial charge in [-0.2, -0.15) is 5.26 Å². The van der Waals surface area contributed by atoms with Gasteiger partial charge in [-0.15, -0.1) is 0 Å². The van der Waals surface area contributed by atoms with Crippen LogP contribution in [0, 0.1) is 17.1 Å². The number of hydrogen-bond acceptors (Lipinski definition) is 7. The van der Waals surface area contributed by atoms with Crippen LogP contribution < -0.4 is 5.73 Å². The Morgan fingerprint density at radius 2 is 2.19 bits per heavy atom. The number of Topliss-reactive ketones (excluding diaryl/α,β-unsaturated/α-hetero) is 1. The van der Waals surface area contributed by atoms with E-state index < -0.39 is 35.7 Å². The van der Waals surface area contributed by atoms with Crippen molar-refractivity contribution in [2.75, 3.05) is 13.7 Å². The molecule has 1 aliphatic heterocycles. The Hall–Kier alpha value is -3.45. The number of aliphatic imine (C=N–C) groups is 1. The van der Waals surface area contributed by atoms with Crippen molar-refractivity contribution in [1.82, 2.24) is 4.98 Å². The zero-order valence-electron chi connectivity index (χ0n) is 16.5. The number of ketones is 1. The van der Waals surface area contributed by atoms with E-state index in [0.717, 1.165) is 6.07 Å². The number of hydrogen-bond donors (Lipinski definition) is 1. The van der Waals surface area contributed by atoms with Gasteiger partial charge >= 0.3 is 0 Å². The third-order valence-electron chi connectivity index (χ3n) is 4.89. The molecule has 0 unspecified atom stereocenters. The maximum absolute atomic E-state index is 14.7. The minimum Gasteiger partial charge on any atom is -0.460 e. The van der Waals surface area contributed by atoms with E-state index >= 15 is 0 Å². The van der Waals surface area contributed by atoms with Gasteiger partial charge in [-0.3, -0.25) is 9.78 Å². The first-order valence-corrected chi connectivity index (χ1v) is 9.26. The average molecular weight is 432 g/mol. The van der Waals surface area contributed by atoms with Gasteiger partial charge in [0.05, 0.1) is 12.2 Å². The highest BCUT2D eigenvalue weighted by Gasteiger charge is 2.49. The van der Waals surface area contributed by atoms with Gasteiger partial charge in [-0.1, -0.05) is 6.07 Å². The Bertz CT molecular complexity index is 1040. The summed E-state index contributed by atoms with van der Waals surface area (Å²) in [6.07, 6.45) is -3.24. The van der Waals surface area contributed by atoms with Crippen LogP contribution in [0.15, 0.2) is 41.5 Å². The number of pyridine rings is 1. The highest BCUT2D eigenvalue weighted by molar-refractivity contribution is 5.95. The molecule has 0 saturated carbocycles. The molecule has 2 aromatic rings. The number of ether oxygens (including phenoxy) is 2. The lowest BCUT2D eigenvalue weighted by Gasteiger charge is -2.37. The molecule has 2 atom stereocenters. The number of alkyl halides is 2. The summed E-state index contributed by atoms with van der Waals surface area (Å²) < 4.78 is 53.4. The first-order chi connectivity index (χ1) is 14.8. The van der Waals surface area contributed by atoms with E-state index in [1.54, 1.807) is 0 Å². The maximum Gasteiger partial charge on any atom is 0.283 e. The minimum absolute atomic E-state index is 0.0329. The van der Waals surface area contributed by atoms with E-state index in [9.17, 15) is 18.0 Å². The lowest BCUT2D eigenvalue weighted by atomic mass is 9.83. The zero-order chi connectivity index (χ0) is 22.6. The van der Waals surface area contributed by atoms with E-state index in [0.29, 0.717) is 11.1 Å². The van der Waals surface area contributed by atoms with E-state index in [1.807, 2.05) is 6.07 Å². The molecule has 31 heavy (non-hydrogen) atoms. The molecule has 0 aliphatic carbocycles. The number of nitriles is 1. The second-order valence-corrected chi connectivity index (χ2v) is 7.03. The van der Waals surface area contributed by atoms with E-state index in [1.165, 1.54) is 37.6 Å². The van der Waals surface area contributed by atoms with Gasteiger partial charge in [0.1, 0.15) is 23.7 Å². The molecule has 0 radical (unpaired) electrons. The van der Waals surface area contributed by atoms with Crippen molar-refractivity contribution >= 4 is 11.8 Å². The van der Waals surface area contributed by atoms with Gasteiger partial charge in [0.25, 0.3) is 12.4 Å². The summed E-state index contributed by atoms with van der Waals surface area (Å²) in [6.45, 7) is -0.0329. The van der Waals surface area contributed by atoms with Gasteiger partial charge in [0.15, 0.2) is 11.3 Å². The first kappa shape index (κ1) is 22.2. The highest BCUT2D eigenvalue weighted by atomic mass is 19.3. The van der Waals surface area contributed by atoms with Crippen LogP contribution in [0.1, 0.15) is 33.6 Å². The third kappa shape index (κ3) is 4.67. The van der Waals surface area contributed by atoms with E-state index in [-0.39, 0.29) is 30.7 Å². The van der Waals surface area contributed by atoms with Crippen molar-refractivity contribution in [3.8, 4) is 6.07 Å². The Labute approximate surface area is 176 Å². The monoisotopic (exact) mass is 432 g/mol. The molecule has 162 valence electrons. The molecule has 1 aromatic heterocycles. The molecule has 2 heterocycles. The van der Waals surface area contributed by atoms with Crippen molar-refractivity contribution < 1.29 is 27.4 Å². The van der Waals surface area contributed by atoms with Crippen LogP contribution in [0.25, 0.3) is 0 Å². The summed E-state index contributed by atoms with van der Waals surface area (Å²) >= 11 is 0. The number of nitrogens with zero attached hydrogens (tertiary/aromatic N) is 3. The van der Waals surface area contributed by atoms with Gasteiger partial charge in [0, 0.05) is 31.7 Å². The van der Waals surface area contributed by atoms with Gasteiger partial charge in [0.2, 0.25) is 0 Å². The van der Waals surface area contributed by atoms with Gasteiger partial charge in [-0.25, -0.2) is 18.2 Å². The Kier molecular flexibility index (Phi) is 6.56. The summed E-state index contributed by atoms with van der Waals surface area (Å²) in [5.41, 5.74) is 3.64. The predicted molar refractivity (Wildman–Crippen MR) is 104 cm³/mol. The number of carbonyl (C=O) groups is 1. The molecule has 0 bridgehead atoms. The standard InChI is InChI=1S/C21H19F3N4O3/c1-30-11-14-8-21(19(23)24,28-20(26)31-14)15-6-12(2-4-16(15)22)7-18(29)17-5-3-13(9-25)10-27-17/h2-6,10,14,19H,7-8,11H2,1H3,(H2,26,28)/t14-,21-/m0/s1. The maximum atomic E-state index is 14.7. The Balaban J connectivity index is 1.95. The topological polar surface area (TPSA) is 111 Å². The van der Waals surface area contributed by atoms with Crippen LogP contribution in [0.2, 0.25) is 0 Å². The summed E-state index contributed by atoms with van der Waals surface area (Å²) in [6, 6.07) is 7.78. The quantitative estimate of drug-likeness (QED) is 0.674. The highest BCUT2D eigenvalue weighted by Crippen LogP contribution is 2.42. The smallest absolute Gasteiger partial charge is 0.283 e. The Morgan fingerprint density at radius 1 is 1.42 bits per heavy atom. The van der Waals surface area contributed by atoms with Crippen LogP contribution >= 0.6 is 0 Å². The van der Waals surface area contributed by atoms with Crippen LogP contribution in [0.4, 0.5) is 13.2 Å². The molecule has 1 aliphatic rings. The van der Waals surface area contributed by atoms with Gasteiger partial charge in [-0.05, 0) is 29.8 Å². The fraction of sp³-hybridized carbons (Fsp3) is 0.333. The van der Waals surface area contributed by atoms with E-state index in [4.69, 9.17) is 20.5 Å². The SMILES string of the molecule is COC[C@@H]1C[C@](c2cc(CC(=O)c3ccc(C#N)cn3)ccc2F)(C(F)F)N=C(N)O1. The summed E-state index contributed by atoms with van der Waals surface area (Å²) in [5.74, 6) is -1.32. The summed E-state index contributed by atoms with van der Waals surface area (Å²) in [4.78, 5) is 20.2. The number of amidine groups is 1. The van der Waals surface area contributed by atoms with Crippen molar-refractivity contribution in [2.45, 2.75) is 30.9 Å². The predicted octanol–water partition coefficient (Wildman–Crippen LogP) is 2.73. The molecular formula is C21H19F3N4O3. The van der Waals surface area contributed by atoms with E-state index in [2.05, 4.69) is 9.98 Å². The molecule has 10 heteroatoms. The van der Waals surface area contributed by atoms with Crippen molar-refractivity contribution in [2.24, 2.45) is 10.7 Å². The van der Waals surface area contributed by atoms with Gasteiger partial charge < -0.3 is 15.2 Å². The van der Waals surface area contributed by atoms with Crippen molar-refractivity contribution in [1.29, 1.82) is 5.26 Å². The third-order valence-corrected chi connectivity index (χ3v) is 4.89. The molecule has 0 fully saturated rings. The largest absolute Gasteiger partial charge is 0.460 e. The van der Waals surface area contributed by atoms with Crippen LogP contribution in [-0.4, -0.2) is 43.0 Å². The second kappa shape index (κ2) is 9.14. The molecule has 1 aromatic carbocycles. The summed E-state index contributed by atoms with van der Waals surface area (Å²) in [5, 5.41) is 8.81. The van der Waals surface area contributed by atoms with Crippen molar-refractivity contribution in [3.05, 3.63) is 64.7 Å². The Morgan fingerprint density at radius 3 is 2.81 bits per heavy atom. The second-order valence-electron chi connectivity index (χ2n) is 7.03. The molecule has 2 N–H and O–H groups in total. The number of nitrogens with two attached hydrogens (primary N) is 1. The lowest BCUT2D eigenvalue weighted by Crippen LogP contribution is -2.46. The zero-order valence-corrected chi connectivity index (χ0v) is 16.5. The minimum atomic E-state index is -3.09. The molecule has 7 nitrogen and oxygen atoms in total. The fourth-order valence-corrected chi connectivity index (χ4v) is 3.45. The number of methoxy groups -OCH3 is 1. The fourth-order valence-electron chi connectivity index (χ4n) is 3.45.